The molecule has 1 heterocycles. The number of rotatable bonds is 4. The van der Waals surface area contributed by atoms with Crippen LogP contribution in [0.4, 0.5) is 0 Å². The molecule has 4 heteroatoms. The summed E-state index contributed by atoms with van der Waals surface area (Å²) in [6.45, 7) is 9.50. The van der Waals surface area contributed by atoms with E-state index >= 15 is 0 Å². The lowest BCUT2D eigenvalue weighted by Gasteiger charge is -2.36. The van der Waals surface area contributed by atoms with Gasteiger partial charge in [-0.1, -0.05) is 13.8 Å². The SMILES string of the molecule is Cc1csc(CC(=O)C(C)(C)C(C)(C)N)n1. The summed E-state index contributed by atoms with van der Waals surface area (Å²) in [7, 11) is 0. The Morgan fingerprint density at radius 2 is 2.00 bits per heavy atom. The summed E-state index contributed by atoms with van der Waals surface area (Å²) in [5.74, 6) is 0.148. The van der Waals surface area contributed by atoms with Gasteiger partial charge in [0.25, 0.3) is 0 Å². The van der Waals surface area contributed by atoms with Crippen LogP contribution < -0.4 is 5.73 Å². The molecule has 1 rings (SSSR count). The van der Waals surface area contributed by atoms with E-state index in [1.165, 1.54) is 11.3 Å². The Hall–Kier alpha value is -0.740. The number of hydrogen-bond donors (Lipinski definition) is 1. The standard InChI is InChI=1S/C12H20N2OS/c1-8-7-16-10(14-8)6-9(15)11(2,3)12(4,5)13/h7H,6,13H2,1-5H3. The Labute approximate surface area is 101 Å². The fourth-order valence-electron chi connectivity index (χ4n) is 1.20. The third-order valence-electron chi connectivity index (χ3n) is 3.29. The molecule has 0 atom stereocenters. The van der Waals surface area contributed by atoms with Crippen LogP contribution >= 0.6 is 11.3 Å². The van der Waals surface area contributed by atoms with Gasteiger partial charge in [-0.2, -0.15) is 0 Å². The molecule has 0 aliphatic rings. The Kier molecular flexibility index (Phi) is 3.55. The average Bonchev–Trinajstić information content (AvgIpc) is 2.49. The Bertz CT molecular complexity index is 388. The molecule has 0 fully saturated rings. The van der Waals surface area contributed by atoms with E-state index in [1.54, 1.807) is 0 Å². The van der Waals surface area contributed by atoms with Crippen LogP contribution in [0.2, 0.25) is 0 Å². The number of thiazole rings is 1. The van der Waals surface area contributed by atoms with Gasteiger partial charge in [0.1, 0.15) is 10.8 Å². The zero-order valence-electron chi connectivity index (χ0n) is 10.6. The van der Waals surface area contributed by atoms with Gasteiger partial charge in [-0.3, -0.25) is 4.79 Å². The van der Waals surface area contributed by atoms with Crippen LogP contribution in [-0.2, 0) is 11.2 Å². The number of aryl methyl sites for hydroxylation is 1. The minimum atomic E-state index is -0.535. The molecular formula is C12H20N2OS. The number of carbonyl (C=O) groups excluding carboxylic acids is 1. The van der Waals surface area contributed by atoms with Crippen molar-refractivity contribution < 1.29 is 4.79 Å². The summed E-state index contributed by atoms with van der Waals surface area (Å²) < 4.78 is 0. The van der Waals surface area contributed by atoms with Crippen LogP contribution in [-0.4, -0.2) is 16.3 Å². The second kappa shape index (κ2) is 4.26. The fourth-order valence-corrected chi connectivity index (χ4v) is 1.97. The van der Waals surface area contributed by atoms with E-state index in [-0.39, 0.29) is 5.78 Å². The molecule has 0 saturated carbocycles. The lowest BCUT2D eigenvalue weighted by molar-refractivity contribution is -0.129. The molecule has 90 valence electrons. The topological polar surface area (TPSA) is 56.0 Å². The van der Waals surface area contributed by atoms with Crippen LogP contribution in [0.15, 0.2) is 5.38 Å². The minimum Gasteiger partial charge on any atom is -0.325 e. The summed E-state index contributed by atoms with van der Waals surface area (Å²) in [4.78, 5) is 16.5. The van der Waals surface area contributed by atoms with Crippen molar-refractivity contribution in [2.45, 2.75) is 46.6 Å². The van der Waals surface area contributed by atoms with Gasteiger partial charge in [0, 0.05) is 22.0 Å². The molecule has 0 unspecified atom stereocenters. The van der Waals surface area contributed by atoms with Crippen molar-refractivity contribution in [1.29, 1.82) is 0 Å². The number of Topliss-reactive ketones (excluding diaryl/α,β-unsaturated/α-hetero) is 1. The third-order valence-corrected chi connectivity index (χ3v) is 4.25. The van der Waals surface area contributed by atoms with Crippen molar-refractivity contribution in [3.63, 3.8) is 0 Å². The molecule has 16 heavy (non-hydrogen) atoms. The Balaban J connectivity index is 2.80. The molecule has 1 aromatic rings. The third kappa shape index (κ3) is 2.68. The van der Waals surface area contributed by atoms with Crippen molar-refractivity contribution in [2.75, 3.05) is 0 Å². The van der Waals surface area contributed by atoms with Gasteiger partial charge in [0.2, 0.25) is 0 Å². The van der Waals surface area contributed by atoms with E-state index < -0.39 is 11.0 Å². The summed E-state index contributed by atoms with van der Waals surface area (Å²) in [5, 5.41) is 2.84. The zero-order chi connectivity index (χ0) is 12.6. The highest BCUT2D eigenvalue weighted by Crippen LogP contribution is 2.30. The van der Waals surface area contributed by atoms with E-state index in [1.807, 2.05) is 40.0 Å². The van der Waals surface area contributed by atoms with E-state index in [2.05, 4.69) is 4.98 Å². The van der Waals surface area contributed by atoms with Gasteiger partial charge in [-0.15, -0.1) is 11.3 Å². The molecule has 3 nitrogen and oxygen atoms in total. The summed E-state index contributed by atoms with van der Waals surface area (Å²) in [5.41, 5.74) is 5.95. The van der Waals surface area contributed by atoms with Crippen LogP contribution in [0, 0.1) is 12.3 Å². The van der Waals surface area contributed by atoms with Crippen LogP contribution in [0.3, 0.4) is 0 Å². The maximum Gasteiger partial charge on any atom is 0.147 e. The first-order valence-electron chi connectivity index (χ1n) is 5.38. The minimum absolute atomic E-state index is 0.148. The van der Waals surface area contributed by atoms with Crippen molar-refractivity contribution in [1.82, 2.24) is 4.98 Å². The Morgan fingerprint density at radius 1 is 1.44 bits per heavy atom. The first kappa shape index (κ1) is 13.3. The van der Waals surface area contributed by atoms with Gasteiger partial charge < -0.3 is 5.73 Å². The Morgan fingerprint density at radius 3 is 2.38 bits per heavy atom. The van der Waals surface area contributed by atoms with Gasteiger partial charge in [-0.05, 0) is 20.8 Å². The highest BCUT2D eigenvalue weighted by atomic mass is 32.1. The van der Waals surface area contributed by atoms with E-state index in [0.717, 1.165) is 10.7 Å². The van der Waals surface area contributed by atoms with Gasteiger partial charge in [-0.25, -0.2) is 4.98 Å². The van der Waals surface area contributed by atoms with E-state index in [4.69, 9.17) is 5.73 Å². The lowest BCUT2D eigenvalue weighted by Crippen LogP contribution is -2.52. The average molecular weight is 240 g/mol. The van der Waals surface area contributed by atoms with Crippen molar-refractivity contribution >= 4 is 17.1 Å². The van der Waals surface area contributed by atoms with Crippen molar-refractivity contribution in [3.8, 4) is 0 Å². The second-order valence-electron chi connectivity index (χ2n) is 5.33. The van der Waals surface area contributed by atoms with Gasteiger partial charge in [0.05, 0.1) is 6.42 Å². The number of nitrogens with zero attached hydrogens (tertiary/aromatic N) is 1. The van der Waals surface area contributed by atoms with E-state index in [0.29, 0.717) is 6.42 Å². The molecule has 0 bridgehead atoms. The predicted molar refractivity (Wildman–Crippen MR) is 67.6 cm³/mol. The molecule has 0 radical (unpaired) electrons. The normalized spacial score (nSPS) is 12.9. The second-order valence-corrected chi connectivity index (χ2v) is 6.27. The molecule has 0 spiro atoms. The summed E-state index contributed by atoms with van der Waals surface area (Å²) in [6.07, 6.45) is 0.381. The number of carbonyl (C=O) groups is 1. The highest BCUT2D eigenvalue weighted by Gasteiger charge is 2.39. The maximum absolute atomic E-state index is 12.2. The van der Waals surface area contributed by atoms with E-state index in [9.17, 15) is 4.79 Å². The predicted octanol–water partition coefficient (Wildman–Crippen LogP) is 2.33. The molecular weight excluding hydrogens is 220 g/mol. The van der Waals surface area contributed by atoms with Crippen LogP contribution in [0.25, 0.3) is 0 Å². The van der Waals surface area contributed by atoms with Crippen molar-refractivity contribution in [2.24, 2.45) is 11.1 Å². The molecule has 0 aromatic carbocycles. The number of nitrogens with two attached hydrogens (primary N) is 1. The zero-order valence-corrected chi connectivity index (χ0v) is 11.4. The highest BCUT2D eigenvalue weighted by molar-refractivity contribution is 7.09. The number of ketones is 1. The fraction of sp³-hybridized carbons (Fsp3) is 0.667. The molecule has 2 N–H and O–H groups in total. The number of aromatic nitrogens is 1. The quantitative estimate of drug-likeness (QED) is 0.878. The monoisotopic (exact) mass is 240 g/mol. The summed E-state index contributed by atoms with van der Waals surface area (Å²) >= 11 is 1.53. The molecule has 1 aromatic heterocycles. The lowest BCUT2D eigenvalue weighted by atomic mass is 9.71. The molecule has 0 amide bonds. The molecule has 0 saturated heterocycles. The first-order chi connectivity index (χ1) is 7.14. The van der Waals surface area contributed by atoms with Crippen molar-refractivity contribution in [3.05, 3.63) is 16.1 Å². The molecule has 0 aliphatic heterocycles. The van der Waals surface area contributed by atoms with Gasteiger partial charge in [0.15, 0.2) is 0 Å². The van der Waals surface area contributed by atoms with Crippen LogP contribution in [0.5, 0.6) is 0 Å². The number of hydrogen-bond acceptors (Lipinski definition) is 4. The molecule has 0 aliphatic carbocycles. The largest absolute Gasteiger partial charge is 0.325 e. The maximum atomic E-state index is 12.2. The first-order valence-corrected chi connectivity index (χ1v) is 6.26. The smallest absolute Gasteiger partial charge is 0.147 e. The van der Waals surface area contributed by atoms with Gasteiger partial charge >= 0.3 is 0 Å². The summed E-state index contributed by atoms with van der Waals surface area (Å²) in [6, 6.07) is 0. The van der Waals surface area contributed by atoms with Crippen LogP contribution in [0.1, 0.15) is 38.4 Å².